The molecule has 6 nitrogen and oxygen atoms in total. The molecule has 1 saturated carbocycles. The molecule has 0 spiro atoms. The monoisotopic (exact) mass is 335 g/mol. The number of hydrogen-bond donors (Lipinski definition) is 2. The minimum absolute atomic E-state index is 0.0137. The van der Waals surface area contributed by atoms with Crippen LogP contribution in [0.4, 0.5) is 4.79 Å². The Balaban J connectivity index is 1.48. The Bertz CT molecular complexity index is 530. The van der Waals surface area contributed by atoms with E-state index >= 15 is 0 Å². The maximum Gasteiger partial charge on any atom is 0.317 e. The van der Waals surface area contributed by atoms with E-state index in [-0.39, 0.29) is 12.1 Å². The zero-order valence-corrected chi connectivity index (χ0v) is 14.6. The van der Waals surface area contributed by atoms with Gasteiger partial charge in [-0.2, -0.15) is 0 Å². The van der Waals surface area contributed by atoms with Crippen LogP contribution in [-0.2, 0) is 0 Å². The number of carbonyl (C=O) groups is 1. The van der Waals surface area contributed by atoms with Crippen molar-refractivity contribution >= 4 is 6.03 Å². The number of aliphatic hydroxyl groups excluding tert-OH is 1. The minimum Gasteiger partial charge on any atom is -0.467 e. The first-order valence-corrected chi connectivity index (χ1v) is 9.04. The van der Waals surface area contributed by atoms with Crippen LogP contribution >= 0.6 is 0 Å². The lowest BCUT2D eigenvalue weighted by Gasteiger charge is -2.29. The quantitative estimate of drug-likeness (QED) is 0.803. The van der Waals surface area contributed by atoms with Gasteiger partial charge in [-0.25, -0.2) is 4.79 Å². The predicted octanol–water partition coefficient (Wildman–Crippen LogP) is 2.36. The van der Waals surface area contributed by atoms with Crippen molar-refractivity contribution in [2.75, 3.05) is 20.1 Å². The van der Waals surface area contributed by atoms with Gasteiger partial charge in [0.25, 0.3) is 0 Å². The molecule has 2 N–H and O–H groups in total. The van der Waals surface area contributed by atoms with E-state index in [9.17, 15) is 9.90 Å². The van der Waals surface area contributed by atoms with Gasteiger partial charge in [0.1, 0.15) is 11.9 Å². The highest BCUT2D eigenvalue weighted by molar-refractivity contribution is 5.74. The topological polar surface area (TPSA) is 69.0 Å². The van der Waals surface area contributed by atoms with E-state index in [4.69, 9.17) is 4.42 Å². The Morgan fingerprint density at radius 3 is 2.96 bits per heavy atom. The van der Waals surface area contributed by atoms with Crippen LogP contribution in [0.15, 0.2) is 22.8 Å². The number of amides is 2. The Hall–Kier alpha value is -1.53. The third-order valence-corrected chi connectivity index (χ3v) is 5.37. The fraction of sp³-hybridized carbons (Fsp3) is 0.722. The number of rotatable bonds is 7. The highest BCUT2D eigenvalue weighted by Crippen LogP contribution is 2.28. The van der Waals surface area contributed by atoms with E-state index in [0.717, 1.165) is 19.4 Å². The Morgan fingerprint density at radius 1 is 1.50 bits per heavy atom. The molecule has 1 aromatic rings. The summed E-state index contributed by atoms with van der Waals surface area (Å²) < 4.78 is 5.26. The number of aliphatic hydroxyl groups is 1. The van der Waals surface area contributed by atoms with E-state index < -0.39 is 6.10 Å². The summed E-state index contributed by atoms with van der Waals surface area (Å²) >= 11 is 0. The fourth-order valence-electron chi connectivity index (χ4n) is 3.53. The minimum atomic E-state index is -0.654. The van der Waals surface area contributed by atoms with E-state index in [1.165, 1.54) is 12.8 Å². The normalized spacial score (nSPS) is 23.5. The molecule has 2 heterocycles. The summed E-state index contributed by atoms with van der Waals surface area (Å²) in [5, 5.41) is 13.3. The second kappa shape index (κ2) is 7.57. The number of urea groups is 1. The highest BCUT2D eigenvalue weighted by Gasteiger charge is 2.32. The first-order chi connectivity index (χ1) is 11.6. The van der Waals surface area contributed by atoms with Crippen LogP contribution in [0, 0.1) is 0 Å². The lowest BCUT2D eigenvalue weighted by molar-refractivity contribution is 0.107. The summed E-state index contributed by atoms with van der Waals surface area (Å²) in [6.07, 6.45) is 5.90. The van der Waals surface area contributed by atoms with Crippen molar-refractivity contribution in [2.45, 2.75) is 63.3 Å². The molecule has 0 radical (unpaired) electrons. The van der Waals surface area contributed by atoms with Crippen molar-refractivity contribution in [2.24, 2.45) is 0 Å². The van der Waals surface area contributed by atoms with Crippen LogP contribution in [-0.4, -0.2) is 59.2 Å². The first kappa shape index (κ1) is 17.3. The van der Waals surface area contributed by atoms with Crippen molar-refractivity contribution in [3.8, 4) is 0 Å². The lowest BCUT2D eigenvalue weighted by atomic mass is 10.1. The Labute approximate surface area is 143 Å². The lowest BCUT2D eigenvalue weighted by Crippen LogP contribution is -2.48. The molecule has 6 heteroatoms. The third kappa shape index (κ3) is 4.11. The van der Waals surface area contributed by atoms with Crippen molar-refractivity contribution in [3.05, 3.63) is 24.2 Å². The molecule has 0 aromatic carbocycles. The maximum absolute atomic E-state index is 12.5. The van der Waals surface area contributed by atoms with Gasteiger partial charge in [-0.15, -0.1) is 0 Å². The van der Waals surface area contributed by atoms with Crippen LogP contribution in [0.3, 0.4) is 0 Å². The zero-order chi connectivity index (χ0) is 17.1. The predicted molar refractivity (Wildman–Crippen MR) is 91.7 cm³/mol. The number of likely N-dealkylation sites (N-methyl/N-ethyl adjacent to an activating group) is 1. The molecule has 2 fully saturated rings. The molecule has 1 saturated heterocycles. The van der Waals surface area contributed by atoms with E-state index in [1.54, 1.807) is 18.4 Å². The Kier molecular flexibility index (Phi) is 5.46. The largest absolute Gasteiger partial charge is 0.467 e. The summed E-state index contributed by atoms with van der Waals surface area (Å²) in [6.45, 7) is 3.57. The average Bonchev–Trinajstić information content (AvgIpc) is 3.08. The summed E-state index contributed by atoms with van der Waals surface area (Å²) in [7, 11) is 2.13. The van der Waals surface area contributed by atoms with Gasteiger partial charge in [0, 0.05) is 37.6 Å². The van der Waals surface area contributed by atoms with Gasteiger partial charge in [-0.05, 0) is 51.8 Å². The Morgan fingerprint density at radius 2 is 2.29 bits per heavy atom. The van der Waals surface area contributed by atoms with Gasteiger partial charge in [-0.3, -0.25) is 4.90 Å². The summed E-state index contributed by atoms with van der Waals surface area (Å²) in [5.74, 6) is 0.571. The standard InChI is InChI=1S/C18H29N3O3/c1-13(20(2)14-7-8-14)12-19-18(23)21-9-3-5-15(21)11-16(22)17-6-4-10-24-17/h4,6,10,13-16,22H,3,5,7-9,11-12H2,1-2H3,(H,19,23)/t13-,15-,16+/m1/s1. The van der Waals surface area contributed by atoms with E-state index in [2.05, 4.69) is 24.2 Å². The van der Waals surface area contributed by atoms with Gasteiger partial charge < -0.3 is 19.7 Å². The van der Waals surface area contributed by atoms with Gasteiger partial charge in [0.15, 0.2) is 0 Å². The summed E-state index contributed by atoms with van der Waals surface area (Å²) in [5.41, 5.74) is 0. The fourth-order valence-corrected chi connectivity index (χ4v) is 3.53. The molecule has 134 valence electrons. The molecular formula is C18H29N3O3. The SMILES string of the molecule is C[C@H](CNC(=O)N1CCC[C@@H]1C[C@H](O)c1ccco1)N(C)C1CC1. The van der Waals surface area contributed by atoms with E-state index in [0.29, 0.717) is 30.8 Å². The van der Waals surface area contributed by atoms with Crippen molar-refractivity contribution < 1.29 is 14.3 Å². The van der Waals surface area contributed by atoms with Gasteiger partial charge in [0.05, 0.1) is 6.26 Å². The number of nitrogens with zero attached hydrogens (tertiary/aromatic N) is 2. The van der Waals surface area contributed by atoms with Gasteiger partial charge in [0.2, 0.25) is 0 Å². The molecule has 0 bridgehead atoms. The van der Waals surface area contributed by atoms with Crippen LogP contribution in [0.25, 0.3) is 0 Å². The number of hydrogen-bond acceptors (Lipinski definition) is 4. The maximum atomic E-state index is 12.5. The molecular weight excluding hydrogens is 306 g/mol. The second-order valence-corrected chi connectivity index (χ2v) is 7.19. The smallest absolute Gasteiger partial charge is 0.317 e. The summed E-state index contributed by atoms with van der Waals surface area (Å²) in [6, 6.07) is 4.65. The number of likely N-dealkylation sites (tertiary alicyclic amines) is 1. The van der Waals surface area contributed by atoms with Crippen molar-refractivity contribution in [1.29, 1.82) is 0 Å². The third-order valence-electron chi connectivity index (χ3n) is 5.37. The molecule has 1 aliphatic carbocycles. The molecule has 1 aromatic heterocycles. The zero-order valence-electron chi connectivity index (χ0n) is 14.6. The number of carbonyl (C=O) groups excluding carboxylic acids is 1. The molecule has 2 aliphatic rings. The molecule has 24 heavy (non-hydrogen) atoms. The van der Waals surface area contributed by atoms with Crippen molar-refractivity contribution in [3.63, 3.8) is 0 Å². The van der Waals surface area contributed by atoms with Crippen LogP contribution in [0.2, 0.25) is 0 Å². The molecule has 3 atom stereocenters. The van der Waals surface area contributed by atoms with Gasteiger partial charge >= 0.3 is 6.03 Å². The van der Waals surface area contributed by atoms with Crippen molar-refractivity contribution in [1.82, 2.24) is 15.1 Å². The number of furan rings is 1. The average molecular weight is 335 g/mol. The molecule has 0 unspecified atom stereocenters. The first-order valence-electron chi connectivity index (χ1n) is 9.04. The van der Waals surface area contributed by atoms with Gasteiger partial charge in [-0.1, -0.05) is 0 Å². The van der Waals surface area contributed by atoms with Crippen LogP contribution in [0.5, 0.6) is 0 Å². The number of nitrogens with one attached hydrogen (secondary N) is 1. The second-order valence-electron chi connectivity index (χ2n) is 7.19. The molecule has 3 rings (SSSR count). The van der Waals surface area contributed by atoms with Crippen LogP contribution in [0.1, 0.15) is 50.9 Å². The molecule has 2 amide bonds. The molecule has 1 aliphatic heterocycles. The highest BCUT2D eigenvalue weighted by atomic mass is 16.4. The van der Waals surface area contributed by atoms with Crippen LogP contribution < -0.4 is 5.32 Å². The van der Waals surface area contributed by atoms with E-state index in [1.807, 2.05) is 4.90 Å². The summed E-state index contributed by atoms with van der Waals surface area (Å²) in [4.78, 5) is 16.7.